The van der Waals surface area contributed by atoms with E-state index in [0.29, 0.717) is 18.4 Å². The summed E-state index contributed by atoms with van der Waals surface area (Å²) < 4.78 is 0. The first-order chi connectivity index (χ1) is 12.0. The molecule has 0 aromatic heterocycles. The Morgan fingerprint density at radius 1 is 1.20 bits per heavy atom. The molecule has 2 aliphatic rings. The van der Waals surface area contributed by atoms with E-state index in [9.17, 15) is 15.0 Å². The van der Waals surface area contributed by atoms with Crippen molar-refractivity contribution in [3.8, 4) is 0 Å². The average Bonchev–Trinajstić information content (AvgIpc) is 2.56. The molecule has 5 nitrogen and oxygen atoms in total. The van der Waals surface area contributed by atoms with Gasteiger partial charge < -0.3 is 20.2 Å². The number of carboxylic acid groups (broad SMARTS) is 1. The van der Waals surface area contributed by atoms with Gasteiger partial charge in [-0.1, -0.05) is 38.2 Å². The maximum Gasteiger partial charge on any atom is 0.305 e. The molecule has 1 saturated heterocycles. The highest BCUT2D eigenvalue weighted by atomic mass is 16.4. The van der Waals surface area contributed by atoms with Crippen LogP contribution in [0.5, 0.6) is 0 Å². The van der Waals surface area contributed by atoms with Crippen molar-refractivity contribution in [3.05, 3.63) is 12.3 Å². The van der Waals surface area contributed by atoms with Crippen molar-refractivity contribution in [1.82, 2.24) is 4.90 Å². The Bertz CT molecular complexity index is 439. The Balaban J connectivity index is 1.54. The first-order valence-corrected chi connectivity index (χ1v) is 10.0. The molecule has 2 aliphatic heterocycles. The molecule has 0 amide bonds. The molecule has 0 saturated carbocycles. The van der Waals surface area contributed by atoms with E-state index in [4.69, 9.17) is 5.11 Å². The van der Waals surface area contributed by atoms with Gasteiger partial charge in [-0.05, 0) is 51.1 Å². The van der Waals surface area contributed by atoms with Crippen LogP contribution < -0.4 is 0 Å². The van der Waals surface area contributed by atoms with Gasteiger partial charge >= 0.3 is 5.97 Å². The number of carbonyl (C=O) groups is 1. The van der Waals surface area contributed by atoms with E-state index in [0.717, 1.165) is 32.1 Å². The summed E-state index contributed by atoms with van der Waals surface area (Å²) in [6, 6.07) is 0.844. The minimum Gasteiger partial charge on any atom is -0.481 e. The normalized spacial score (nSPS) is 30.1. The van der Waals surface area contributed by atoms with E-state index in [1.165, 1.54) is 25.7 Å². The summed E-state index contributed by atoms with van der Waals surface area (Å²) in [7, 11) is 0. The minimum absolute atomic E-state index is 0.137. The number of carboxylic acids is 1. The van der Waals surface area contributed by atoms with E-state index in [1.807, 2.05) is 0 Å². The highest BCUT2D eigenvalue weighted by molar-refractivity contribution is 5.67. The third-order valence-electron chi connectivity index (χ3n) is 5.87. The Labute approximate surface area is 151 Å². The molecule has 5 heteroatoms. The molecule has 5 atom stereocenters. The van der Waals surface area contributed by atoms with E-state index in [-0.39, 0.29) is 18.6 Å². The van der Waals surface area contributed by atoms with Crippen molar-refractivity contribution >= 4 is 5.97 Å². The van der Waals surface area contributed by atoms with Gasteiger partial charge in [0.05, 0.1) is 24.7 Å². The standard InChI is InChI=1S/C20H35NO4/c1-15-19(23)10-9-17-13-16(11-12-21(15)17)7-5-3-2-4-6-8-18(22)14-20(24)25/h11-12,15-19,22-23H,2-10,13-14H2,1H3,(H,24,25)/t15-,16+,17-,18+,19+/m0/s1. The van der Waals surface area contributed by atoms with E-state index in [2.05, 4.69) is 24.1 Å². The topological polar surface area (TPSA) is 81.0 Å². The lowest BCUT2D eigenvalue weighted by atomic mass is 9.83. The molecule has 0 aromatic carbocycles. The first kappa shape index (κ1) is 20.2. The fourth-order valence-electron chi connectivity index (χ4n) is 4.27. The van der Waals surface area contributed by atoms with Crippen molar-refractivity contribution in [2.75, 3.05) is 0 Å². The molecule has 0 radical (unpaired) electrons. The lowest BCUT2D eigenvalue weighted by Gasteiger charge is -2.46. The Morgan fingerprint density at radius 3 is 2.68 bits per heavy atom. The number of rotatable bonds is 10. The molecule has 0 unspecified atom stereocenters. The van der Waals surface area contributed by atoms with Crippen LogP contribution in [0.4, 0.5) is 0 Å². The van der Waals surface area contributed by atoms with Crippen LogP contribution in [0.15, 0.2) is 12.3 Å². The van der Waals surface area contributed by atoms with Crippen LogP contribution in [0, 0.1) is 5.92 Å². The SMILES string of the molecule is C[C@H]1[C@H](O)CC[C@H]2C[C@H](CCCCCCC[C@@H](O)CC(=O)O)C=CN21. The lowest BCUT2D eigenvalue weighted by molar-refractivity contribution is -0.139. The Kier molecular flexibility index (Phi) is 8.24. The largest absolute Gasteiger partial charge is 0.481 e. The highest BCUT2D eigenvalue weighted by Gasteiger charge is 2.34. The second-order valence-electron chi connectivity index (χ2n) is 7.92. The molecule has 0 aromatic rings. The monoisotopic (exact) mass is 353 g/mol. The molecule has 3 N–H and O–H groups in total. The third kappa shape index (κ3) is 6.63. The summed E-state index contributed by atoms with van der Waals surface area (Å²) in [5.74, 6) is -0.255. The smallest absolute Gasteiger partial charge is 0.305 e. The summed E-state index contributed by atoms with van der Waals surface area (Å²) >= 11 is 0. The number of nitrogens with zero attached hydrogens (tertiary/aromatic N) is 1. The van der Waals surface area contributed by atoms with E-state index < -0.39 is 12.1 Å². The second-order valence-corrected chi connectivity index (χ2v) is 7.92. The molecule has 2 rings (SSSR count). The Hall–Kier alpha value is -1.07. The van der Waals surface area contributed by atoms with Crippen LogP contribution in [-0.2, 0) is 4.79 Å². The molecule has 25 heavy (non-hydrogen) atoms. The van der Waals surface area contributed by atoms with Crippen LogP contribution in [-0.4, -0.2) is 50.5 Å². The van der Waals surface area contributed by atoms with Crippen molar-refractivity contribution < 1.29 is 20.1 Å². The number of aliphatic hydroxyl groups is 2. The lowest BCUT2D eigenvalue weighted by Crippen LogP contribution is -2.50. The van der Waals surface area contributed by atoms with Crippen molar-refractivity contribution in [2.45, 2.75) is 102 Å². The van der Waals surface area contributed by atoms with E-state index in [1.54, 1.807) is 0 Å². The van der Waals surface area contributed by atoms with Crippen molar-refractivity contribution in [2.24, 2.45) is 5.92 Å². The zero-order chi connectivity index (χ0) is 18.2. The molecule has 0 spiro atoms. The first-order valence-electron chi connectivity index (χ1n) is 10.0. The second kappa shape index (κ2) is 10.2. The van der Waals surface area contributed by atoms with Crippen LogP contribution in [0.2, 0.25) is 0 Å². The predicted molar refractivity (Wildman–Crippen MR) is 98.2 cm³/mol. The zero-order valence-electron chi connectivity index (χ0n) is 15.5. The number of fused-ring (bicyclic) bond motifs is 1. The number of hydrogen-bond acceptors (Lipinski definition) is 4. The van der Waals surface area contributed by atoms with E-state index >= 15 is 0 Å². The van der Waals surface area contributed by atoms with Gasteiger partial charge in [0.25, 0.3) is 0 Å². The van der Waals surface area contributed by atoms with Gasteiger partial charge in [0.15, 0.2) is 0 Å². The average molecular weight is 354 g/mol. The zero-order valence-corrected chi connectivity index (χ0v) is 15.5. The van der Waals surface area contributed by atoms with Gasteiger partial charge in [-0.2, -0.15) is 0 Å². The fourth-order valence-corrected chi connectivity index (χ4v) is 4.27. The summed E-state index contributed by atoms with van der Waals surface area (Å²) in [4.78, 5) is 12.8. The fraction of sp³-hybridized carbons (Fsp3) is 0.850. The van der Waals surface area contributed by atoms with Crippen LogP contribution in [0.3, 0.4) is 0 Å². The van der Waals surface area contributed by atoms with Crippen LogP contribution in [0.1, 0.15) is 77.6 Å². The molecular formula is C20H35NO4. The number of aliphatic carboxylic acids is 1. The summed E-state index contributed by atoms with van der Waals surface area (Å²) in [6.45, 7) is 2.12. The Morgan fingerprint density at radius 2 is 1.92 bits per heavy atom. The minimum atomic E-state index is -0.923. The van der Waals surface area contributed by atoms with Crippen molar-refractivity contribution in [3.63, 3.8) is 0 Å². The molecule has 144 valence electrons. The van der Waals surface area contributed by atoms with Gasteiger partial charge in [0, 0.05) is 6.04 Å². The number of aliphatic hydroxyl groups excluding tert-OH is 2. The molecule has 2 heterocycles. The van der Waals surface area contributed by atoms with Gasteiger partial charge in [0.2, 0.25) is 0 Å². The summed E-state index contributed by atoms with van der Waals surface area (Å²) in [5.41, 5.74) is 0. The predicted octanol–water partition coefficient (Wildman–Crippen LogP) is 3.30. The number of hydrogen-bond donors (Lipinski definition) is 3. The quantitative estimate of drug-likeness (QED) is 0.525. The maximum absolute atomic E-state index is 10.5. The summed E-state index contributed by atoms with van der Waals surface area (Å²) in [6.07, 6.45) is 14.2. The van der Waals surface area contributed by atoms with Gasteiger partial charge in [-0.15, -0.1) is 0 Å². The molecule has 0 bridgehead atoms. The third-order valence-corrected chi connectivity index (χ3v) is 5.87. The molecule has 1 fully saturated rings. The van der Waals surface area contributed by atoms with Crippen LogP contribution >= 0.6 is 0 Å². The molecular weight excluding hydrogens is 318 g/mol. The van der Waals surface area contributed by atoms with Gasteiger partial charge in [-0.25, -0.2) is 0 Å². The number of unbranched alkanes of at least 4 members (excludes halogenated alkanes) is 4. The summed E-state index contributed by atoms with van der Waals surface area (Å²) in [5, 5.41) is 28.1. The number of piperidine rings is 1. The maximum atomic E-state index is 10.5. The highest BCUT2D eigenvalue weighted by Crippen LogP contribution is 2.33. The molecule has 0 aliphatic carbocycles. The van der Waals surface area contributed by atoms with Crippen molar-refractivity contribution in [1.29, 1.82) is 0 Å². The number of allylic oxidation sites excluding steroid dienone is 1. The van der Waals surface area contributed by atoms with Crippen LogP contribution in [0.25, 0.3) is 0 Å². The van der Waals surface area contributed by atoms with Gasteiger partial charge in [0.1, 0.15) is 0 Å². The van der Waals surface area contributed by atoms with Gasteiger partial charge in [-0.3, -0.25) is 4.79 Å².